The van der Waals surface area contributed by atoms with Gasteiger partial charge in [0, 0.05) is 13.0 Å². The summed E-state index contributed by atoms with van der Waals surface area (Å²) in [6, 6.07) is 0.283. The Morgan fingerprint density at radius 3 is 3.28 bits per heavy atom. The Morgan fingerprint density at radius 1 is 1.44 bits per heavy atom. The van der Waals surface area contributed by atoms with Crippen molar-refractivity contribution in [1.29, 1.82) is 0 Å². The Balaban J connectivity index is 1.62. The van der Waals surface area contributed by atoms with Gasteiger partial charge < -0.3 is 14.6 Å². The van der Waals surface area contributed by atoms with E-state index in [1.807, 2.05) is 6.92 Å². The van der Waals surface area contributed by atoms with Crippen molar-refractivity contribution in [3.63, 3.8) is 0 Å². The largest absolute Gasteiger partial charge is 0.381 e. The van der Waals surface area contributed by atoms with Gasteiger partial charge in [0.25, 0.3) is 0 Å². The zero-order chi connectivity index (χ0) is 12.4. The second-order valence-electron chi connectivity index (χ2n) is 5.24. The molecule has 2 heterocycles. The first kappa shape index (κ1) is 12.1. The van der Waals surface area contributed by atoms with Crippen LogP contribution in [0.2, 0.25) is 0 Å². The summed E-state index contributed by atoms with van der Waals surface area (Å²) < 4.78 is 10.7. The molecule has 0 bridgehead atoms. The predicted octanol–water partition coefficient (Wildman–Crippen LogP) is 1.71. The van der Waals surface area contributed by atoms with E-state index in [4.69, 9.17) is 9.26 Å². The minimum atomic E-state index is 0.283. The van der Waals surface area contributed by atoms with E-state index in [0.29, 0.717) is 12.5 Å². The topological polar surface area (TPSA) is 60.2 Å². The average Bonchev–Trinajstić information content (AvgIpc) is 3.03. The van der Waals surface area contributed by atoms with Crippen LogP contribution in [0, 0.1) is 11.8 Å². The molecule has 3 atom stereocenters. The minimum Gasteiger partial charge on any atom is -0.381 e. The van der Waals surface area contributed by atoms with Gasteiger partial charge in [0.1, 0.15) is 0 Å². The van der Waals surface area contributed by atoms with Crippen LogP contribution in [0.25, 0.3) is 0 Å². The summed E-state index contributed by atoms with van der Waals surface area (Å²) in [4.78, 5) is 4.50. The molecule has 100 valence electrons. The molecule has 1 aromatic heterocycles. The maximum absolute atomic E-state index is 5.41. The van der Waals surface area contributed by atoms with Gasteiger partial charge in [-0.05, 0) is 38.1 Å². The number of fused-ring (bicyclic) bond motifs is 1. The average molecular weight is 251 g/mol. The highest BCUT2D eigenvalue weighted by molar-refractivity contribution is 5.03. The van der Waals surface area contributed by atoms with Gasteiger partial charge in [-0.1, -0.05) is 11.6 Å². The molecule has 3 rings (SSSR count). The molecule has 5 nitrogen and oxygen atoms in total. The standard InChI is InChI=1S/C13H21N3O2/c1-2-17-7-6-11-15-13(18-16-11)12-10-5-3-4-9(10)8-14-12/h9-10,12,14H,2-8H2,1H3. The summed E-state index contributed by atoms with van der Waals surface area (Å²) in [5.74, 6) is 3.05. The third kappa shape index (κ3) is 2.29. The minimum absolute atomic E-state index is 0.283. The first-order chi connectivity index (χ1) is 8.88. The molecule has 0 aromatic carbocycles. The van der Waals surface area contributed by atoms with Gasteiger partial charge in [-0.3, -0.25) is 0 Å². The number of rotatable bonds is 5. The number of aromatic nitrogens is 2. The zero-order valence-electron chi connectivity index (χ0n) is 10.9. The highest BCUT2D eigenvalue weighted by Gasteiger charge is 2.42. The van der Waals surface area contributed by atoms with Crippen LogP contribution >= 0.6 is 0 Å². The van der Waals surface area contributed by atoms with Gasteiger partial charge in [-0.25, -0.2) is 0 Å². The SMILES string of the molecule is CCOCCc1noc(C2NCC3CCCC32)n1. The van der Waals surface area contributed by atoms with Gasteiger partial charge in [0.15, 0.2) is 5.82 Å². The molecule has 1 aromatic rings. The molecule has 5 heteroatoms. The van der Waals surface area contributed by atoms with E-state index in [2.05, 4.69) is 15.5 Å². The van der Waals surface area contributed by atoms with E-state index in [-0.39, 0.29) is 6.04 Å². The maximum atomic E-state index is 5.41. The summed E-state index contributed by atoms with van der Waals surface area (Å²) in [6.07, 6.45) is 4.72. The highest BCUT2D eigenvalue weighted by Crippen LogP contribution is 2.43. The molecule has 1 aliphatic carbocycles. The summed E-state index contributed by atoms with van der Waals surface area (Å²) in [6.45, 7) is 4.49. The van der Waals surface area contributed by atoms with Crippen LogP contribution in [0.1, 0.15) is 43.9 Å². The molecule has 1 saturated heterocycles. The number of nitrogens with one attached hydrogen (secondary N) is 1. The van der Waals surface area contributed by atoms with Gasteiger partial charge >= 0.3 is 0 Å². The lowest BCUT2D eigenvalue weighted by Gasteiger charge is -2.13. The first-order valence-electron chi connectivity index (χ1n) is 7.02. The fourth-order valence-electron chi connectivity index (χ4n) is 3.26. The second-order valence-corrected chi connectivity index (χ2v) is 5.24. The van der Waals surface area contributed by atoms with Gasteiger partial charge in [0.05, 0.1) is 12.6 Å². The van der Waals surface area contributed by atoms with Crippen LogP contribution in [0.4, 0.5) is 0 Å². The molecule has 1 aliphatic heterocycles. The Kier molecular flexibility index (Phi) is 3.61. The van der Waals surface area contributed by atoms with Gasteiger partial charge in [-0.2, -0.15) is 4.98 Å². The lowest BCUT2D eigenvalue weighted by Crippen LogP contribution is -2.18. The molecule has 0 spiro atoms. The van der Waals surface area contributed by atoms with Crippen molar-refractivity contribution in [3.05, 3.63) is 11.7 Å². The fraction of sp³-hybridized carbons (Fsp3) is 0.846. The third-order valence-electron chi connectivity index (χ3n) is 4.17. The lowest BCUT2D eigenvalue weighted by molar-refractivity contribution is 0.149. The number of hydrogen-bond acceptors (Lipinski definition) is 5. The van der Waals surface area contributed by atoms with Crippen molar-refractivity contribution in [2.45, 2.75) is 38.6 Å². The fourth-order valence-corrected chi connectivity index (χ4v) is 3.26. The van der Waals surface area contributed by atoms with Crippen LogP contribution in [-0.2, 0) is 11.2 Å². The van der Waals surface area contributed by atoms with Crippen molar-refractivity contribution >= 4 is 0 Å². The van der Waals surface area contributed by atoms with Crippen molar-refractivity contribution < 1.29 is 9.26 Å². The number of hydrogen-bond donors (Lipinski definition) is 1. The third-order valence-corrected chi connectivity index (χ3v) is 4.17. The van der Waals surface area contributed by atoms with Crippen LogP contribution in [0.5, 0.6) is 0 Å². The Hall–Kier alpha value is -0.940. The quantitative estimate of drug-likeness (QED) is 0.807. The Labute approximate surface area is 107 Å². The molecule has 0 amide bonds. The van der Waals surface area contributed by atoms with Crippen LogP contribution < -0.4 is 5.32 Å². The van der Waals surface area contributed by atoms with Crippen LogP contribution in [0.15, 0.2) is 4.52 Å². The van der Waals surface area contributed by atoms with E-state index in [9.17, 15) is 0 Å². The summed E-state index contributed by atoms with van der Waals surface area (Å²) in [5.41, 5.74) is 0. The van der Waals surface area contributed by atoms with Crippen molar-refractivity contribution in [2.75, 3.05) is 19.8 Å². The molecule has 18 heavy (non-hydrogen) atoms. The number of nitrogens with zero attached hydrogens (tertiary/aromatic N) is 2. The monoisotopic (exact) mass is 251 g/mol. The maximum Gasteiger partial charge on any atom is 0.244 e. The molecular weight excluding hydrogens is 230 g/mol. The van der Waals surface area contributed by atoms with E-state index >= 15 is 0 Å². The predicted molar refractivity (Wildman–Crippen MR) is 66.1 cm³/mol. The Bertz CT molecular complexity index is 393. The molecule has 3 unspecified atom stereocenters. The Morgan fingerprint density at radius 2 is 2.39 bits per heavy atom. The summed E-state index contributed by atoms with van der Waals surface area (Å²) in [7, 11) is 0. The van der Waals surface area contributed by atoms with E-state index < -0.39 is 0 Å². The molecule has 0 radical (unpaired) electrons. The second kappa shape index (κ2) is 5.36. The van der Waals surface area contributed by atoms with Gasteiger partial charge in [-0.15, -0.1) is 0 Å². The summed E-state index contributed by atoms with van der Waals surface area (Å²) in [5, 5.41) is 7.57. The highest BCUT2D eigenvalue weighted by atomic mass is 16.5. The van der Waals surface area contributed by atoms with E-state index in [1.54, 1.807) is 0 Å². The number of ether oxygens (including phenoxy) is 1. The lowest BCUT2D eigenvalue weighted by atomic mass is 9.94. The molecule has 2 fully saturated rings. The van der Waals surface area contributed by atoms with E-state index in [1.165, 1.54) is 19.3 Å². The van der Waals surface area contributed by atoms with Crippen LogP contribution in [0.3, 0.4) is 0 Å². The molecule has 2 aliphatic rings. The first-order valence-corrected chi connectivity index (χ1v) is 7.02. The smallest absolute Gasteiger partial charge is 0.244 e. The van der Waals surface area contributed by atoms with Crippen molar-refractivity contribution in [3.8, 4) is 0 Å². The molecule has 1 saturated carbocycles. The normalized spacial score (nSPS) is 30.8. The van der Waals surface area contributed by atoms with Crippen LogP contribution in [-0.4, -0.2) is 29.9 Å². The molecular formula is C13H21N3O2. The van der Waals surface area contributed by atoms with E-state index in [0.717, 1.165) is 37.2 Å². The molecule has 1 N–H and O–H groups in total. The zero-order valence-corrected chi connectivity index (χ0v) is 10.9. The van der Waals surface area contributed by atoms with Gasteiger partial charge in [0.2, 0.25) is 5.89 Å². The van der Waals surface area contributed by atoms with Crippen molar-refractivity contribution in [2.24, 2.45) is 11.8 Å². The summed E-state index contributed by atoms with van der Waals surface area (Å²) >= 11 is 0. The van der Waals surface area contributed by atoms with Crippen molar-refractivity contribution in [1.82, 2.24) is 15.5 Å².